The van der Waals surface area contributed by atoms with Crippen molar-refractivity contribution in [3.8, 4) is 5.75 Å². The van der Waals surface area contributed by atoms with Crippen molar-refractivity contribution in [1.82, 2.24) is 4.90 Å². The fourth-order valence-corrected chi connectivity index (χ4v) is 4.39. The fraction of sp³-hybridized carbons (Fsp3) is 0.588. The minimum atomic E-state index is -3.12. The predicted octanol–water partition coefficient (Wildman–Crippen LogP) is 1.64. The number of piperidine rings is 1. The summed E-state index contributed by atoms with van der Waals surface area (Å²) < 4.78 is 29.4. The van der Waals surface area contributed by atoms with E-state index in [1.54, 1.807) is 4.90 Å². The van der Waals surface area contributed by atoms with Crippen molar-refractivity contribution in [1.29, 1.82) is 0 Å². The van der Waals surface area contributed by atoms with E-state index in [1.807, 2.05) is 19.9 Å². The number of carbonyl (C=O) groups is 1. The lowest BCUT2D eigenvalue weighted by atomic mass is 10.0. The van der Waals surface area contributed by atoms with Crippen molar-refractivity contribution in [2.75, 3.05) is 19.3 Å². The number of carbonyl (C=O) groups excluding carboxylic acids is 1. The first-order valence-electron chi connectivity index (χ1n) is 8.00. The molecule has 1 amide bonds. The van der Waals surface area contributed by atoms with Crippen molar-refractivity contribution in [2.24, 2.45) is 0 Å². The maximum atomic E-state index is 12.7. The van der Waals surface area contributed by atoms with Crippen LogP contribution in [0.5, 0.6) is 5.75 Å². The number of benzene rings is 1. The van der Waals surface area contributed by atoms with Crippen molar-refractivity contribution in [3.63, 3.8) is 0 Å². The highest BCUT2D eigenvalue weighted by Crippen LogP contribution is 2.32. The summed E-state index contributed by atoms with van der Waals surface area (Å²) in [7, 11) is -3.12. The summed E-state index contributed by atoms with van der Waals surface area (Å²) in [6.45, 7) is 4.96. The van der Waals surface area contributed by atoms with Gasteiger partial charge in [0.2, 0.25) is 0 Å². The van der Waals surface area contributed by atoms with Gasteiger partial charge in [-0.1, -0.05) is 6.07 Å². The second-order valence-electron chi connectivity index (χ2n) is 6.73. The number of nitrogens with zero attached hydrogens (tertiary/aromatic N) is 1. The van der Waals surface area contributed by atoms with Crippen molar-refractivity contribution < 1.29 is 17.9 Å². The van der Waals surface area contributed by atoms with E-state index in [2.05, 4.69) is 6.07 Å². The van der Waals surface area contributed by atoms with Crippen LogP contribution in [0.1, 0.15) is 29.5 Å². The highest BCUT2D eigenvalue weighted by Gasteiger charge is 2.36. The Bertz CT molecular complexity index is 710. The zero-order chi connectivity index (χ0) is 16.8. The van der Waals surface area contributed by atoms with Crippen molar-refractivity contribution in [2.45, 2.75) is 44.5 Å². The molecule has 126 valence electrons. The summed E-state index contributed by atoms with van der Waals surface area (Å²) >= 11 is 0. The number of hydrogen-bond acceptors (Lipinski definition) is 4. The number of rotatable bonds is 2. The lowest BCUT2D eigenvalue weighted by Gasteiger charge is -2.33. The van der Waals surface area contributed by atoms with Crippen LogP contribution in [0.4, 0.5) is 0 Å². The zero-order valence-corrected chi connectivity index (χ0v) is 14.6. The van der Waals surface area contributed by atoms with Crippen LogP contribution in [0, 0.1) is 13.8 Å². The molecule has 1 aromatic carbocycles. The predicted molar refractivity (Wildman–Crippen MR) is 88.5 cm³/mol. The molecular weight excluding hydrogens is 314 g/mol. The molecular formula is C17H23NO4S. The van der Waals surface area contributed by atoms with E-state index in [9.17, 15) is 13.2 Å². The molecule has 2 aliphatic heterocycles. The Morgan fingerprint density at radius 2 is 1.96 bits per heavy atom. The van der Waals surface area contributed by atoms with Gasteiger partial charge in [0, 0.05) is 25.8 Å². The first-order valence-corrected chi connectivity index (χ1v) is 9.95. The Kier molecular flexibility index (Phi) is 4.12. The van der Waals surface area contributed by atoms with Gasteiger partial charge in [-0.25, -0.2) is 8.42 Å². The quantitative estimate of drug-likeness (QED) is 0.823. The van der Waals surface area contributed by atoms with Crippen LogP contribution in [0.15, 0.2) is 12.1 Å². The number of aryl methyl sites for hydroxylation is 2. The number of sulfone groups is 1. The SMILES string of the molecule is Cc1cc2c(cc1C)O[C@@H](C(=O)N1CCC[C@H](S(C)(=O)=O)C1)C2. The van der Waals surface area contributed by atoms with E-state index in [4.69, 9.17) is 4.74 Å². The van der Waals surface area contributed by atoms with Crippen LogP contribution in [0.3, 0.4) is 0 Å². The molecule has 0 spiro atoms. The van der Waals surface area contributed by atoms with Crippen LogP contribution in [0.25, 0.3) is 0 Å². The highest BCUT2D eigenvalue weighted by molar-refractivity contribution is 7.91. The molecule has 1 aromatic rings. The highest BCUT2D eigenvalue weighted by atomic mass is 32.2. The molecule has 0 aromatic heterocycles. The number of amides is 1. The molecule has 6 heteroatoms. The van der Waals surface area contributed by atoms with Gasteiger partial charge in [-0.15, -0.1) is 0 Å². The summed E-state index contributed by atoms with van der Waals surface area (Å²) in [5.74, 6) is 0.688. The summed E-state index contributed by atoms with van der Waals surface area (Å²) in [5, 5.41) is -0.450. The van der Waals surface area contributed by atoms with Gasteiger partial charge in [-0.3, -0.25) is 4.79 Å². The van der Waals surface area contributed by atoms with Crippen LogP contribution >= 0.6 is 0 Å². The van der Waals surface area contributed by atoms with Gasteiger partial charge < -0.3 is 9.64 Å². The van der Waals surface area contributed by atoms with Crippen molar-refractivity contribution in [3.05, 3.63) is 28.8 Å². The Balaban J connectivity index is 1.72. The third-order valence-corrected chi connectivity index (χ3v) is 6.52. The molecule has 3 rings (SSSR count). The second kappa shape index (κ2) is 5.82. The number of likely N-dealkylation sites (tertiary alicyclic amines) is 1. The molecule has 2 atom stereocenters. The molecule has 0 unspecified atom stereocenters. The van der Waals surface area contributed by atoms with Gasteiger partial charge in [0.15, 0.2) is 15.9 Å². The molecule has 5 nitrogen and oxygen atoms in total. The molecule has 1 fully saturated rings. The van der Waals surface area contributed by atoms with E-state index in [1.165, 1.54) is 11.8 Å². The molecule has 0 radical (unpaired) electrons. The maximum Gasteiger partial charge on any atom is 0.264 e. The zero-order valence-electron chi connectivity index (χ0n) is 13.8. The topological polar surface area (TPSA) is 63.7 Å². The first kappa shape index (κ1) is 16.3. The Morgan fingerprint density at radius 1 is 1.26 bits per heavy atom. The molecule has 0 aliphatic carbocycles. The van der Waals surface area contributed by atoms with Crippen LogP contribution in [-0.4, -0.2) is 49.9 Å². The third-order valence-electron chi connectivity index (χ3n) is 4.92. The van der Waals surface area contributed by atoms with E-state index in [0.29, 0.717) is 19.4 Å². The van der Waals surface area contributed by atoms with Gasteiger partial charge in [0.05, 0.1) is 5.25 Å². The van der Waals surface area contributed by atoms with Crippen LogP contribution in [-0.2, 0) is 21.1 Å². The molecule has 1 saturated heterocycles. The smallest absolute Gasteiger partial charge is 0.264 e. The molecule has 0 N–H and O–H groups in total. The van der Waals surface area contributed by atoms with Crippen LogP contribution in [0.2, 0.25) is 0 Å². The molecule has 0 saturated carbocycles. The van der Waals surface area contributed by atoms with Crippen molar-refractivity contribution >= 4 is 15.7 Å². The molecule has 2 aliphatic rings. The average molecular weight is 337 g/mol. The summed E-state index contributed by atoms with van der Waals surface area (Å²) in [4.78, 5) is 14.4. The maximum absolute atomic E-state index is 12.7. The molecule has 0 bridgehead atoms. The largest absolute Gasteiger partial charge is 0.480 e. The normalized spacial score (nSPS) is 24.2. The second-order valence-corrected chi connectivity index (χ2v) is 9.06. The molecule has 23 heavy (non-hydrogen) atoms. The number of fused-ring (bicyclic) bond motifs is 1. The fourth-order valence-electron chi connectivity index (χ4n) is 3.34. The van der Waals surface area contributed by atoms with Crippen LogP contribution < -0.4 is 4.74 Å². The monoisotopic (exact) mass is 337 g/mol. The Hall–Kier alpha value is -1.56. The first-order chi connectivity index (χ1) is 10.8. The minimum Gasteiger partial charge on any atom is -0.480 e. The summed E-state index contributed by atoms with van der Waals surface area (Å²) in [6.07, 6.45) is 2.65. The standard InChI is InChI=1S/C17H23NO4S/c1-11-7-13-9-16(22-15(13)8-12(11)2)17(19)18-6-4-5-14(10-18)23(3,20)21/h7-8,14,16H,4-6,9-10H2,1-3H3/t14-,16+/m0/s1. The Morgan fingerprint density at radius 3 is 2.65 bits per heavy atom. The van der Waals surface area contributed by atoms with Gasteiger partial charge in [0.25, 0.3) is 5.91 Å². The lowest BCUT2D eigenvalue weighted by molar-refractivity contribution is -0.138. The summed E-state index contributed by atoms with van der Waals surface area (Å²) in [5.41, 5.74) is 3.39. The average Bonchev–Trinajstić information content (AvgIpc) is 2.89. The minimum absolute atomic E-state index is 0.0927. The third kappa shape index (κ3) is 3.22. The van der Waals surface area contributed by atoms with Gasteiger partial charge in [-0.05, 0) is 49.4 Å². The van der Waals surface area contributed by atoms with Gasteiger partial charge in [0.1, 0.15) is 5.75 Å². The lowest BCUT2D eigenvalue weighted by Crippen LogP contribution is -2.49. The van der Waals surface area contributed by atoms with E-state index < -0.39 is 21.2 Å². The number of hydrogen-bond donors (Lipinski definition) is 0. The Labute approximate surface area is 137 Å². The van der Waals surface area contributed by atoms with Gasteiger partial charge >= 0.3 is 0 Å². The van der Waals surface area contributed by atoms with E-state index >= 15 is 0 Å². The molecule has 2 heterocycles. The number of ether oxygens (including phenoxy) is 1. The van der Waals surface area contributed by atoms with E-state index in [0.717, 1.165) is 23.3 Å². The van der Waals surface area contributed by atoms with Gasteiger partial charge in [-0.2, -0.15) is 0 Å². The van der Waals surface area contributed by atoms with E-state index in [-0.39, 0.29) is 12.5 Å². The summed E-state index contributed by atoms with van der Waals surface area (Å²) in [6, 6.07) is 4.06.